The lowest BCUT2D eigenvalue weighted by atomic mass is 10.2. The van der Waals surface area contributed by atoms with E-state index in [1.807, 2.05) is 0 Å². The number of hydrogen-bond acceptors (Lipinski definition) is 11. The first-order valence-electron chi connectivity index (χ1n) is 4.64. The van der Waals surface area contributed by atoms with Crippen molar-refractivity contribution in [2.75, 3.05) is 5.43 Å². The van der Waals surface area contributed by atoms with Crippen LogP contribution < -0.4 is 5.43 Å². The molecule has 0 aliphatic heterocycles. The van der Waals surface area contributed by atoms with Gasteiger partial charge in [0.25, 0.3) is 5.82 Å². The van der Waals surface area contributed by atoms with Crippen LogP contribution in [-0.2, 0) is 5.79 Å². The van der Waals surface area contributed by atoms with Crippen LogP contribution in [0.3, 0.4) is 0 Å². The van der Waals surface area contributed by atoms with E-state index in [4.69, 9.17) is 0 Å². The molecule has 0 saturated carbocycles. The van der Waals surface area contributed by atoms with E-state index >= 15 is 0 Å². The molecule has 0 spiro atoms. The molecular formula is C4H2N8O10. The van der Waals surface area contributed by atoms with Gasteiger partial charge < -0.3 is 0 Å². The van der Waals surface area contributed by atoms with Crippen molar-refractivity contribution >= 4 is 11.5 Å². The summed E-state index contributed by atoms with van der Waals surface area (Å²) in [5.74, 6) is -5.62. The highest BCUT2D eigenvalue weighted by Gasteiger charge is 2.78. The first-order chi connectivity index (χ1) is 10.1. The van der Waals surface area contributed by atoms with Gasteiger partial charge in [0.05, 0.1) is 4.92 Å². The number of aromatic nitrogens is 2. The second-order valence-electron chi connectivity index (χ2n) is 3.33. The molecule has 0 unspecified atom stereocenters. The average molecular weight is 322 g/mol. The molecule has 0 aliphatic rings. The molecule has 18 nitrogen and oxygen atoms in total. The number of nitrogens with zero attached hydrogens (tertiary/aromatic N) is 6. The lowest BCUT2D eigenvalue weighted by Crippen LogP contribution is -2.50. The second-order valence-corrected chi connectivity index (χ2v) is 3.33. The third kappa shape index (κ3) is 2.14. The summed E-state index contributed by atoms with van der Waals surface area (Å²) in [5.41, 5.74) is -2.35. The van der Waals surface area contributed by atoms with Gasteiger partial charge in [-0.1, -0.05) is 5.43 Å². The maximum absolute atomic E-state index is 10.8. The van der Waals surface area contributed by atoms with Gasteiger partial charge in [0.2, 0.25) is 0 Å². The SMILES string of the molecule is O=[N+]([O-])Nc1[nH]nc(C([N+](=O)[O-])([N+](=O)[O-])[N+](=O)[O-])c1[N+](=O)[O-]. The van der Waals surface area contributed by atoms with Gasteiger partial charge in [-0.25, -0.2) is 10.1 Å². The predicted octanol–water partition coefficient (Wildman–Crippen LogP) is -1.14. The number of nitrogens with one attached hydrogen (secondary N) is 2. The highest BCUT2D eigenvalue weighted by molar-refractivity contribution is 5.58. The van der Waals surface area contributed by atoms with Crippen LogP contribution in [0, 0.1) is 50.6 Å². The zero-order valence-electron chi connectivity index (χ0n) is 9.77. The summed E-state index contributed by atoms with van der Waals surface area (Å²) >= 11 is 0. The molecule has 0 atom stereocenters. The largest absolute Gasteiger partial charge is 0.754 e. The monoisotopic (exact) mass is 322 g/mol. The Labute approximate surface area is 115 Å². The summed E-state index contributed by atoms with van der Waals surface area (Å²) in [7, 11) is 0. The van der Waals surface area contributed by atoms with Crippen LogP contribution in [0.2, 0.25) is 0 Å². The van der Waals surface area contributed by atoms with Crippen LogP contribution in [0.5, 0.6) is 0 Å². The molecule has 1 aromatic rings. The minimum absolute atomic E-state index is 1.16. The molecule has 1 rings (SSSR count). The van der Waals surface area contributed by atoms with Crippen molar-refractivity contribution in [1.29, 1.82) is 0 Å². The lowest BCUT2D eigenvalue weighted by molar-refractivity contribution is -0.986. The maximum atomic E-state index is 10.8. The minimum atomic E-state index is -4.41. The molecule has 0 amide bonds. The fourth-order valence-corrected chi connectivity index (χ4v) is 1.38. The number of H-pyrrole nitrogens is 1. The van der Waals surface area contributed by atoms with E-state index in [9.17, 15) is 50.6 Å². The quantitative estimate of drug-likeness (QED) is 0.342. The summed E-state index contributed by atoms with van der Waals surface area (Å²) in [6.45, 7) is 0. The van der Waals surface area contributed by atoms with Gasteiger partial charge in [-0.15, -0.1) is 5.10 Å². The third-order valence-electron chi connectivity index (χ3n) is 2.21. The van der Waals surface area contributed by atoms with Gasteiger partial charge in [0.15, 0.2) is 19.8 Å². The van der Waals surface area contributed by atoms with E-state index in [1.54, 1.807) is 0 Å². The normalized spacial score (nSPS) is 10.7. The summed E-state index contributed by atoms with van der Waals surface area (Å²) < 4.78 is 0. The molecule has 0 fully saturated rings. The summed E-state index contributed by atoms with van der Waals surface area (Å²) in [6.07, 6.45) is 0. The predicted molar refractivity (Wildman–Crippen MR) is 58.5 cm³/mol. The van der Waals surface area contributed by atoms with Crippen LogP contribution in [0.4, 0.5) is 11.5 Å². The number of rotatable bonds is 7. The van der Waals surface area contributed by atoms with Crippen molar-refractivity contribution in [2.45, 2.75) is 5.79 Å². The molecule has 18 heteroatoms. The standard InChI is InChI=1S/C4H2N8O10/c13-8(14)1-2(5-6-3(1)7-12(21)22)4(9(15)16,10(17)18)11(19)20/h(H2,5,6,7). The van der Waals surface area contributed by atoms with Crippen LogP contribution in [-0.4, -0.2) is 34.9 Å². The van der Waals surface area contributed by atoms with Crippen molar-refractivity contribution in [3.05, 3.63) is 56.3 Å². The first kappa shape index (κ1) is 16.1. The van der Waals surface area contributed by atoms with Crippen LogP contribution in [0.15, 0.2) is 0 Å². The maximum Gasteiger partial charge on any atom is 0.754 e. The fourth-order valence-electron chi connectivity index (χ4n) is 1.38. The van der Waals surface area contributed by atoms with Gasteiger partial charge in [-0.2, -0.15) is 0 Å². The zero-order chi connectivity index (χ0) is 17.2. The summed E-state index contributed by atoms with van der Waals surface area (Å²) in [6, 6.07) is 0. The molecule has 0 bridgehead atoms. The molecule has 0 aliphatic carbocycles. The molecule has 118 valence electrons. The molecule has 0 saturated heterocycles. The number of aromatic amines is 1. The third-order valence-corrected chi connectivity index (χ3v) is 2.21. The van der Waals surface area contributed by atoms with Crippen molar-refractivity contribution in [1.82, 2.24) is 10.2 Å². The summed E-state index contributed by atoms with van der Waals surface area (Å²) in [4.78, 5) is 45.9. The second kappa shape index (κ2) is 5.18. The van der Waals surface area contributed by atoms with Gasteiger partial charge in [0.1, 0.15) is 0 Å². The fraction of sp³-hybridized carbons (Fsp3) is 0.250. The average Bonchev–Trinajstić information content (AvgIpc) is 2.71. The van der Waals surface area contributed by atoms with E-state index in [0.29, 0.717) is 0 Å². The van der Waals surface area contributed by atoms with Crippen LogP contribution >= 0.6 is 0 Å². The molecule has 1 heterocycles. The van der Waals surface area contributed by atoms with E-state index in [1.165, 1.54) is 5.10 Å². The van der Waals surface area contributed by atoms with Crippen molar-refractivity contribution < 1.29 is 24.7 Å². The van der Waals surface area contributed by atoms with E-state index in [2.05, 4.69) is 5.10 Å². The molecule has 22 heavy (non-hydrogen) atoms. The Morgan fingerprint density at radius 3 is 1.68 bits per heavy atom. The molecular weight excluding hydrogens is 320 g/mol. The molecule has 0 radical (unpaired) electrons. The number of nitro groups is 5. The van der Waals surface area contributed by atoms with Gasteiger partial charge in [-0.05, 0) is 0 Å². The molecule has 2 N–H and O–H groups in total. The molecule has 1 aromatic heterocycles. The highest BCUT2D eigenvalue weighted by atomic mass is 16.7. The van der Waals surface area contributed by atoms with E-state index in [-0.39, 0.29) is 0 Å². The van der Waals surface area contributed by atoms with Crippen LogP contribution in [0.1, 0.15) is 5.69 Å². The Kier molecular flexibility index (Phi) is 3.78. The number of hydrogen-bond donors (Lipinski definition) is 2. The van der Waals surface area contributed by atoms with Crippen LogP contribution in [0.25, 0.3) is 0 Å². The first-order valence-corrected chi connectivity index (χ1v) is 4.64. The Balaban J connectivity index is 3.78. The van der Waals surface area contributed by atoms with Crippen molar-refractivity contribution in [3.8, 4) is 0 Å². The Hall–Kier alpha value is -3.99. The highest BCUT2D eigenvalue weighted by Crippen LogP contribution is 2.36. The lowest BCUT2D eigenvalue weighted by Gasteiger charge is -2.05. The van der Waals surface area contributed by atoms with Gasteiger partial charge in [0, 0.05) is 0 Å². The van der Waals surface area contributed by atoms with E-state index < -0.39 is 47.7 Å². The Morgan fingerprint density at radius 1 is 0.909 bits per heavy atom. The molecule has 0 aromatic carbocycles. The number of anilines is 1. The van der Waals surface area contributed by atoms with Gasteiger partial charge in [-0.3, -0.25) is 45.6 Å². The summed E-state index contributed by atoms with van der Waals surface area (Å²) in [5, 5.41) is 56.4. The number of hydrazine groups is 1. The van der Waals surface area contributed by atoms with Gasteiger partial charge >= 0.3 is 17.2 Å². The minimum Gasteiger partial charge on any atom is -0.258 e. The van der Waals surface area contributed by atoms with Crippen molar-refractivity contribution in [2.24, 2.45) is 0 Å². The van der Waals surface area contributed by atoms with E-state index in [0.717, 1.165) is 5.43 Å². The van der Waals surface area contributed by atoms with Crippen molar-refractivity contribution in [3.63, 3.8) is 0 Å². The smallest absolute Gasteiger partial charge is 0.258 e. The zero-order valence-corrected chi connectivity index (χ0v) is 9.77. The Bertz CT molecular complexity index is 655. The topological polar surface area (TPSA) is 256 Å². The Morgan fingerprint density at radius 2 is 1.36 bits per heavy atom.